The van der Waals surface area contributed by atoms with E-state index in [9.17, 15) is 24.6 Å². The molecule has 3 atom stereocenters. The molecule has 0 aromatic heterocycles. The van der Waals surface area contributed by atoms with E-state index in [1.54, 1.807) is 12.1 Å². The van der Waals surface area contributed by atoms with Gasteiger partial charge in [-0.25, -0.2) is 4.79 Å². The minimum Gasteiger partial charge on any atom is -0.480 e. The number of carboxylic acids is 3. The van der Waals surface area contributed by atoms with Gasteiger partial charge in [0.1, 0.15) is 0 Å². The molecule has 2 fully saturated rings. The van der Waals surface area contributed by atoms with Crippen LogP contribution in [0.25, 0.3) is 0 Å². The number of carbonyl (C=O) groups is 3. The SMILES string of the molecule is O=C(O)CN1CCCN2CCN(CC1)CC(Cc1ccc(C(=O)O)cc1)CN(CC(=O)O)CC2. The zero-order valence-corrected chi connectivity index (χ0v) is 19.6. The van der Waals surface area contributed by atoms with Crippen LogP contribution in [0.4, 0.5) is 0 Å². The number of benzene rings is 1. The first-order valence-electron chi connectivity index (χ1n) is 11.9. The second-order valence-electron chi connectivity index (χ2n) is 9.37. The molecule has 2 aliphatic rings. The number of carboxylic acid groups (broad SMARTS) is 3. The average molecular weight is 477 g/mol. The molecule has 0 spiro atoms. The van der Waals surface area contributed by atoms with Crippen molar-refractivity contribution in [1.29, 1.82) is 0 Å². The summed E-state index contributed by atoms with van der Waals surface area (Å²) in [6.07, 6.45) is 1.61. The highest BCUT2D eigenvalue weighted by Crippen LogP contribution is 2.16. The lowest BCUT2D eigenvalue weighted by atomic mass is 9.96. The molecule has 0 radical (unpaired) electrons. The van der Waals surface area contributed by atoms with E-state index in [0.717, 1.165) is 64.2 Å². The van der Waals surface area contributed by atoms with Crippen LogP contribution in [0.1, 0.15) is 22.3 Å². The Kier molecular flexibility index (Phi) is 9.82. The summed E-state index contributed by atoms with van der Waals surface area (Å²) in [6, 6.07) is 6.89. The van der Waals surface area contributed by atoms with E-state index < -0.39 is 17.9 Å². The smallest absolute Gasteiger partial charge is 0.335 e. The maximum absolute atomic E-state index is 11.5. The Morgan fingerprint density at radius 3 is 1.97 bits per heavy atom. The van der Waals surface area contributed by atoms with Gasteiger partial charge in [0.2, 0.25) is 0 Å². The second kappa shape index (κ2) is 12.8. The van der Waals surface area contributed by atoms with Gasteiger partial charge in [0.15, 0.2) is 0 Å². The van der Waals surface area contributed by atoms with Crippen LogP contribution in [0.2, 0.25) is 0 Å². The Balaban J connectivity index is 1.77. The standard InChI is InChI=1S/C24H36N4O6/c29-22(30)17-26-7-1-6-25-8-10-27(12-11-26)15-20(16-28(13-9-25)18-23(31)32)14-19-2-4-21(5-3-19)24(33)34/h2-5,20H,1,6-18H2,(H,29,30)(H,31,32)(H,33,34). The third kappa shape index (κ3) is 8.68. The molecule has 10 heteroatoms. The number of hydrogen-bond donors (Lipinski definition) is 3. The first-order chi connectivity index (χ1) is 16.3. The molecule has 2 bridgehead atoms. The van der Waals surface area contributed by atoms with Crippen LogP contribution >= 0.6 is 0 Å². The molecule has 0 saturated carbocycles. The van der Waals surface area contributed by atoms with E-state index in [0.29, 0.717) is 19.6 Å². The molecule has 10 nitrogen and oxygen atoms in total. The van der Waals surface area contributed by atoms with Gasteiger partial charge >= 0.3 is 17.9 Å². The number of nitrogens with zero attached hydrogens (tertiary/aromatic N) is 4. The summed E-state index contributed by atoms with van der Waals surface area (Å²) in [6.45, 7) is 7.71. The Morgan fingerprint density at radius 2 is 1.29 bits per heavy atom. The van der Waals surface area contributed by atoms with Crippen LogP contribution in [0.5, 0.6) is 0 Å². The first-order valence-corrected chi connectivity index (χ1v) is 11.9. The number of rotatable bonds is 7. The summed E-state index contributed by atoms with van der Waals surface area (Å²) in [5, 5.41) is 27.9. The molecule has 3 N–H and O–H groups in total. The van der Waals surface area contributed by atoms with E-state index in [4.69, 9.17) is 5.11 Å². The predicted octanol–water partition coefficient (Wildman–Crippen LogP) is 0.338. The normalized spacial score (nSPS) is 25.5. The summed E-state index contributed by atoms with van der Waals surface area (Å²) in [5.74, 6) is -2.44. The molecule has 0 aliphatic carbocycles. The Hall–Kier alpha value is -2.53. The van der Waals surface area contributed by atoms with Crippen molar-refractivity contribution in [1.82, 2.24) is 19.6 Å². The number of fused-ring (bicyclic) bond motifs is 3. The van der Waals surface area contributed by atoms with Crippen LogP contribution in [-0.4, -0.2) is 131 Å². The van der Waals surface area contributed by atoms with Crippen molar-refractivity contribution in [3.05, 3.63) is 35.4 Å². The maximum Gasteiger partial charge on any atom is 0.335 e. The quantitative estimate of drug-likeness (QED) is 0.507. The molecule has 2 heterocycles. The van der Waals surface area contributed by atoms with Crippen LogP contribution in [0.15, 0.2) is 24.3 Å². The van der Waals surface area contributed by atoms with Crippen LogP contribution in [0, 0.1) is 5.92 Å². The Morgan fingerprint density at radius 1 is 0.706 bits per heavy atom. The van der Waals surface area contributed by atoms with Crippen LogP contribution < -0.4 is 0 Å². The van der Waals surface area contributed by atoms with E-state index in [1.807, 2.05) is 21.9 Å². The number of aliphatic carboxylic acids is 2. The van der Waals surface area contributed by atoms with Gasteiger partial charge in [-0.05, 0) is 43.0 Å². The molecular formula is C24H36N4O6. The molecule has 34 heavy (non-hydrogen) atoms. The average Bonchev–Trinajstić information content (AvgIpc) is 2.77. The second-order valence-corrected chi connectivity index (χ2v) is 9.37. The topological polar surface area (TPSA) is 125 Å². The van der Waals surface area contributed by atoms with E-state index in [-0.39, 0.29) is 24.6 Å². The van der Waals surface area contributed by atoms with E-state index >= 15 is 0 Å². The van der Waals surface area contributed by atoms with E-state index in [1.165, 1.54) is 0 Å². The zero-order valence-electron chi connectivity index (χ0n) is 19.6. The minimum atomic E-state index is -0.957. The third-order valence-electron chi connectivity index (χ3n) is 6.62. The van der Waals surface area contributed by atoms with Gasteiger partial charge in [-0.15, -0.1) is 0 Å². The fraction of sp³-hybridized carbons (Fsp3) is 0.625. The Bertz CT molecular complexity index is 833. The predicted molar refractivity (Wildman–Crippen MR) is 126 cm³/mol. The highest BCUT2D eigenvalue weighted by molar-refractivity contribution is 5.87. The Labute approximate surface area is 200 Å². The number of hydrogen-bond acceptors (Lipinski definition) is 7. The van der Waals surface area contributed by atoms with Gasteiger partial charge in [0.25, 0.3) is 0 Å². The van der Waals surface area contributed by atoms with Crippen molar-refractivity contribution in [2.24, 2.45) is 5.92 Å². The summed E-state index contributed by atoms with van der Waals surface area (Å²) in [5.41, 5.74) is 1.27. The van der Waals surface area contributed by atoms with Crippen LogP contribution in [0.3, 0.4) is 0 Å². The van der Waals surface area contributed by atoms with Gasteiger partial charge < -0.3 is 25.1 Å². The monoisotopic (exact) mass is 476 g/mol. The first kappa shape index (κ1) is 26.1. The van der Waals surface area contributed by atoms with Gasteiger partial charge in [0, 0.05) is 58.9 Å². The van der Waals surface area contributed by atoms with Gasteiger partial charge in [-0.2, -0.15) is 0 Å². The molecule has 3 unspecified atom stereocenters. The third-order valence-corrected chi connectivity index (χ3v) is 6.62. The summed E-state index contributed by atoms with van der Waals surface area (Å²) in [4.78, 5) is 42.7. The highest BCUT2D eigenvalue weighted by Gasteiger charge is 2.24. The lowest BCUT2D eigenvalue weighted by Crippen LogP contribution is -2.50. The van der Waals surface area contributed by atoms with Gasteiger partial charge in [-0.3, -0.25) is 19.4 Å². The van der Waals surface area contributed by atoms with Crippen LogP contribution in [-0.2, 0) is 16.0 Å². The lowest BCUT2D eigenvalue weighted by Gasteiger charge is -2.38. The zero-order chi connectivity index (χ0) is 24.5. The molecule has 188 valence electrons. The van der Waals surface area contributed by atoms with Crippen molar-refractivity contribution in [2.75, 3.05) is 78.5 Å². The molecule has 3 rings (SSSR count). The molecule has 2 aliphatic heterocycles. The summed E-state index contributed by atoms with van der Waals surface area (Å²) in [7, 11) is 0. The molecule has 2 saturated heterocycles. The van der Waals surface area contributed by atoms with Crippen molar-refractivity contribution in [3.8, 4) is 0 Å². The number of aromatic carboxylic acids is 1. The minimum absolute atomic E-state index is 0.00528. The molecule has 1 aromatic rings. The summed E-state index contributed by atoms with van der Waals surface area (Å²) < 4.78 is 0. The van der Waals surface area contributed by atoms with E-state index in [2.05, 4.69) is 9.80 Å². The van der Waals surface area contributed by atoms with Gasteiger partial charge in [0.05, 0.1) is 18.7 Å². The largest absolute Gasteiger partial charge is 0.480 e. The molecule has 1 aromatic carbocycles. The maximum atomic E-state index is 11.5. The summed E-state index contributed by atoms with van der Waals surface area (Å²) >= 11 is 0. The fourth-order valence-corrected chi connectivity index (χ4v) is 4.92. The molecular weight excluding hydrogens is 440 g/mol. The van der Waals surface area contributed by atoms with Crippen molar-refractivity contribution in [2.45, 2.75) is 12.8 Å². The lowest BCUT2D eigenvalue weighted by molar-refractivity contribution is -0.139. The highest BCUT2D eigenvalue weighted by atomic mass is 16.4. The van der Waals surface area contributed by atoms with Crippen molar-refractivity contribution < 1.29 is 29.7 Å². The van der Waals surface area contributed by atoms with Crippen molar-refractivity contribution >= 4 is 17.9 Å². The van der Waals surface area contributed by atoms with Crippen molar-refractivity contribution in [3.63, 3.8) is 0 Å². The molecule has 0 amide bonds. The van der Waals surface area contributed by atoms with Gasteiger partial charge in [-0.1, -0.05) is 12.1 Å². The fourth-order valence-electron chi connectivity index (χ4n) is 4.92.